The Kier molecular flexibility index (Phi) is 9.43. The molecule has 0 aliphatic carbocycles. The van der Waals surface area contributed by atoms with Gasteiger partial charge in [-0.3, -0.25) is 4.90 Å². The van der Waals surface area contributed by atoms with Gasteiger partial charge in [0.15, 0.2) is 0 Å². The fraction of sp³-hybridized carbons (Fsp3) is 0.600. The average molecular weight is 612 g/mol. The molecule has 8 nitrogen and oxygen atoms in total. The number of nitrogen functional groups attached to an aromatic ring is 1. The lowest BCUT2D eigenvalue weighted by atomic mass is 9.90. The number of nitrogens with zero attached hydrogens (tertiary/aromatic N) is 4. The van der Waals surface area contributed by atoms with E-state index in [2.05, 4.69) is 21.8 Å². The van der Waals surface area contributed by atoms with Gasteiger partial charge >= 0.3 is 12.2 Å². The molecule has 1 aromatic carbocycles. The molecule has 3 fully saturated rings. The Balaban J connectivity index is 0.000000308. The maximum absolute atomic E-state index is 14.3. The molecule has 2 aromatic rings. The fourth-order valence-corrected chi connectivity index (χ4v) is 6.81. The van der Waals surface area contributed by atoms with E-state index in [4.69, 9.17) is 15.2 Å². The summed E-state index contributed by atoms with van der Waals surface area (Å²) in [6.45, 7) is 5.43. The molecule has 236 valence electrons. The first-order valence-corrected chi connectivity index (χ1v) is 14.6. The molecule has 0 spiro atoms. The van der Waals surface area contributed by atoms with Crippen LogP contribution in [-0.2, 0) is 23.9 Å². The van der Waals surface area contributed by atoms with Gasteiger partial charge in [0.25, 0.3) is 0 Å². The molecule has 0 bridgehead atoms. The predicted octanol–water partition coefficient (Wildman–Crippen LogP) is 5.20. The molecular formula is C30H38F5N5O3. The van der Waals surface area contributed by atoms with Crippen LogP contribution in [0.1, 0.15) is 61.1 Å². The number of anilines is 2. The molecule has 0 amide bonds. The summed E-state index contributed by atoms with van der Waals surface area (Å²) in [6.07, 6.45) is -0.785. The molecule has 5 heterocycles. The molecule has 0 radical (unpaired) electrons. The quantitative estimate of drug-likeness (QED) is 0.360. The number of aromatic nitrogens is 2. The van der Waals surface area contributed by atoms with Crippen molar-refractivity contribution in [2.75, 3.05) is 50.5 Å². The summed E-state index contributed by atoms with van der Waals surface area (Å²) in [6, 6.07) is 2.51. The molecule has 1 aromatic heterocycles. The second kappa shape index (κ2) is 12.9. The number of hydrogen-bond acceptors (Lipinski definition) is 8. The number of rotatable bonds is 4. The Morgan fingerprint density at radius 1 is 1.21 bits per heavy atom. The number of piperidine rings is 1. The third-order valence-corrected chi connectivity index (χ3v) is 8.68. The number of benzene rings is 1. The Morgan fingerprint density at radius 3 is 2.67 bits per heavy atom. The molecule has 4 aliphatic rings. The molecule has 13 heteroatoms. The lowest BCUT2D eigenvalue weighted by Gasteiger charge is -2.38. The van der Waals surface area contributed by atoms with Gasteiger partial charge in [0.05, 0.1) is 37.4 Å². The van der Waals surface area contributed by atoms with Gasteiger partial charge in [0.1, 0.15) is 11.6 Å². The van der Waals surface area contributed by atoms with Crippen LogP contribution in [0.25, 0.3) is 0 Å². The highest BCUT2D eigenvalue weighted by Crippen LogP contribution is 2.43. The van der Waals surface area contributed by atoms with E-state index in [1.54, 1.807) is 0 Å². The minimum atomic E-state index is -4.91. The van der Waals surface area contributed by atoms with Crippen LogP contribution in [0, 0.1) is 17.7 Å². The Labute approximate surface area is 247 Å². The van der Waals surface area contributed by atoms with Gasteiger partial charge in [-0.15, -0.1) is 0 Å². The summed E-state index contributed by atoms with van der Waals surface area (Å²) in [5.41, 5.74) is 5.88. The van der Waals surface area contributed by atoms with E-state index in [1.165, 1.54) is 26.5 Å². The van der Waals surface area contributed by atoms with Crippen LogP contribution in [0.15, 0.2) is 24.0 Å². The highest BCUT2D eigenvalue weighted by atomic mass is 19.4. The van der Waals surface area contributed by atoms with E-state index >= 15 is 0 Å². The maximum Gasteiger partial charge on any atom is 0.419 e. The third-order valence-electron chi connectivity index (χ3n) is 8.68. The van der Waals surface area contributed by atoms with Gasteiger partial charge < -0.3 is 25.2 Å². The lowest BCUT2D eigenvalue weighted by Crippen LogP contribution is -2.42. The summed E-state index contributed by atoms with van der Waals surface area (Å²) in [5, 5.41) is 9.67. The maximum atomic E-state index is 14.3. The van der Waals surface area contributed by atoms with Gasteiger partial charge in [-0.05, 0) is 67.3 Å². The van der Waals surface area contributed by atoms with Crippen molar-refractivity contribution in [1.29, 1.82) is 0 Å². The number of fused-ring (bicyclic) bond motifs is 2. The highest BCUT2D eigenvalue weighted by molar-refractivity contribution is 5.53. The normalized spacial score (nSPS) is 26.6. The summed E-state index contributed by atoms with van der Waals surface area (Å²) < 4.78 is 78.2. The zero-order valence-electron chi connectivity index (χ0n) is 24.3. The van der Waals surface area contributed by atoms with E-state index in [-0.39, 0.29) is 42.8 Å². The topological polar surface area (TPSA) is 97.0 Å². The average Bonchev–Trinajstić information content (AvgIpc) is 3.57. The standard InChI is InChI=1S/C22H26F4N4O3.C8H12FN/c1-11-3-12(9-31)8-30(7-11)20-15-10-33-18(6-17(15)28-21(29-20)32-2)14-4-13(27)5-16(23)19(14)22(24,25)26;9-5-7-4-8-2-1-3-10(8)6-7/h4-5,11-12,18,31H,3,6-10,27H2,1-2H3;5,8H,1-4,6H2/b;7-5-. The van der Waals surface area contributed by atoms with Gasteiger partial charge in [0.2, 0.25) is 0 Å². The number of methoxy groups -OCH3 is 1. The van der Waals surface area contributed by atoms with Gasteiger partial charge in [-0.1, -0.05) is 6.92 Å². The van der Waals surface area contributed by atoms with Crippen LogP contribution in [0.2, 0.25) is 0 Å². The van der Waals surface area contributed by atoms with Crippen LogP contribution in [-0.4, -0.2) is 65.9 Å². The minimum absolute atomic E-state index is 0.0278. The number of aliphatic hydroxyl groups excluding tert-OH is 1. The second-order valence-corrected chi connectivity index (χ2v) is 12.0. The predicted molar refractivity (Wildman–Crippen MR) is 151 cm³/mol. The number of halogens is 5. The minimum Gasteiger partial charge on any atom is -0.467 e. The Morgan fingerprint density at radius 2 is 2.00 bits per heavy atom. The van der Waals surface area contributed by atoms with Crippen LogP contribution < -0.4 is 15.4 Å². The van der Waals surface area contributed by atoms with E-state index in [0.717, 1.165) is 37.4 Å². The number of nitrogens with two attached hydrogens (primary N) is 1. The van der Waals surface area contributed by atoms with Crippen molar-refractivity contribution < 1.29 is 36.5 Å². The summed E-state index contributed by atoms with van der Waals surface area (Å²) in [4.78, 5) is 13.3. The Hall–Kier alpha value is -3.03. The highest BCUT2D eigenvalue weighted by Gasteiger charge is 2.41. The number of aliphatic hydroxyl groups is 1. The molecule has 0 saturated carbocycles. The van der Waals surface area contributed by atoms with Crippen molar-refractivity contribution in [1.82, 2.24) is 14.9 Å². The van der Waals surface area contributed by atoms with E-state index in [0.29, 0.717) is 48.2 Å². The summed E-state index contributed by atoms with van der Waals surface area (Å²) in [5.74, 6) is -0.470. The molecule has 3 saturated heterocycles. The van der Waals surface area contributed by atoms with E-state index < -0.39 is 23.7 Å². The Bertz CT molecular complexity index is 1330. The molecule has 4 unspecified atom stereocenters. The molecule has 4 aliphatic heterocycles. The molecule has 4 atom stereocenters. The van der Waals surface area contributed by atoms with Crippen molar-refractivity contribution in [3.05, 3.63) is 52.2 Å². The molecule has 3 N–H and O–H groups in total. The first-order valence-electron chi connectivity index (χ1n) is 14.6. The van der Waals surface area contributed by atoms with Crippen molar-refractivity contribution >= 4 is 11.5 Å². The molecular weight excluding hydrogens is 573 g/mol. The monoisotopic (exact) mass is 611 g/mol. The summed E-state index contributed by atoms with van der Waals surface area (Å²) >= 11 is 0. The number of ether oxygens (including phenoxy) is 2. The van der Waals surface area contributed by atoms with E-state index in [1.807, 2.05) is 4.90 Å². The van der Waals surface area contributed by atoms with Crippen molar-refractivity contribution in [3.8, 4) is 6.01 Å². The van der Waals surface area contributed by atoms with Crippen LogP contribution in [0.3, 0.4) is 0 Å². The second-order valence-electron chi connectivity index (χ2n) is 12.0. The van der Waals surface area contributed by atoms with Crippen molar-refractivity contribution in [2.45, 2.75) is 64.0 Å². The van der Waals surface area contributed by atoms with Crippen LogP contribution in [0.5, 0.6) is 6.01 Å². The zero-order valence-corrected chi connectivity index (χ0v) is 24.3. The summed E-state index contributed by atoms with van der Waals surface area (Å²) in [7, 11) is 1.41. The zero-order chi connectivity index (χ0) is 30.9. The van der Waals surface area contributed by atoms with Crippen LogP contribution >= 0.6 is 0 Å². The number of hydrogen-bond donors (Lipinski definition) is 2. The fourth-order valence-electron chi connectivity index (χ4n) is 6.81. The first-order chi connectivity index (χ1) is 20.5. The smallest absolute Gasteiger partial charge is 0.419 e. The lowest BCUT2D eigenvalue weighted by molar-refractivity contribution is -0.142. The first kappa shape index (κ1) is 31.4. The largest absolute Gasteiger partial charge is 0.467 e. The number of alkyl halides is 3. The van der Waals surface area contributed by atoms with Gasteiger partial charge in [-0.2, -0.15) is 23.1 Å². The molecule has 6 rings (SSSR count). The van der Waals surface area contributed by atoms with Gasteiger partial charge in [-0.25, -0.2) is 8.78 Å². The SMILES string of the molecule is COc1nc2c(c(N3CC(C)CC(CO)C3)n1)COC(c1cc(N)cc(F)c1C(F)(F)F)C2.F/C=C1/CC2CCCN2C1. The van der Waals surface area contributed by atoms with E-state index in [9.17, 15) is 27.1 Å². The van der Waals surface area contributed by atoms with Crippen molar-refractivity contribution in [3.63, 3.8) is 0 Å². The van der Waals surface area contributed by atoms with Crippen LogP contribution in [0.4, 0.5) is 33.5 Å². The van der Waals surface area contributed by atoms with Crippen molar-refractivity contribution in [2.24, 2.45) is 11.8 Å². The molecule has 43 heavy (non-hydrogen) atoms. The third kappa shape index (κ3) is 6.88. The van der Waals surface area contributed by atoms with Gasteiger partial charge in [0, 0.05) is 50.0 Å².